The Morgan fingerprint density at radius 2 is 2.38 bits per heavy atom. The molecule has 1 aliphatic rings. The van der Waals surface area contributed by atoms with Crippen molar-refractivity contribution in [2.24, 2.45) is 5.73 Å². The Kier molecular flexibility index (Phi) is 3.31. The van der Waals surface area contributed by atoms with Crippen molar-refractivity contribution in [3.63, 3.8) is 0 Å². The van der Waals surface area contributed by atoms with Gasteiger partial charge in [-0.15, -0.1) is 11.3 Å². The molecule has 1 aromatic heterocycles. The molecule has 16 heavy (non-hydrogen) atoms. The second-order valence-electron chi connectivity index (χ2n) is 4.17. The zero-order chi connectivity index (χ0) is 11.5. The average Bonchev–Trinajstić information content (AvgIpc) is 2.84. The van der Waals surface area contributed by atoms with Crippen LogP contribution in [0.25, 0.3) is 5.70 Å². The molecule has 1 aliphatic carbocycles. The van der Waals surface area contributed by atoms with Crippen molar-refractivity contribution in [3.05, 3.63) is 27.0 Å². The van der Waals surface area contributed by atoms with Crippen LogP contribution in [0.15, 0.2) is 11.6 Å². The highest BCUT2D eigenvalue weighted by Gasteiger charge is 2.17. The molecule has 0 amide bonds. The van der Waals surface area contributed by atoms with E-state index in [0.717, 1.165) is 23.3 Å². The van der Waals surface area contributed by atoms with E-state index in [2.05, 4.69) is 19.1 Å². The number of nitrogens with two attached hydrogens (primary N) is 1. The Hall–Kier alpha value is -1.27. The van der Waals surface area contributed by atoms with E-state index in [9.17, 15) is 0 Å². The third kappa shape index (κ3) is 1.98. The van der Waals surface area contributed by atoms with Crippen molar-refractivity contribution < 1.29 is 0 Å². The molecule has 1 aromatic rings. The van der Waals surface area contributed by atoms with Crippen LogP contribution in [0.4, 0.5) is 0 Å². The highest BCUT2D eigenvalue weighted by molar-refractivity contribution is 7.13. The lowest BCUT2D eigenvalue weighted by atomic mass is 10.1. The van der Waals surface area contributed by atoms with E-state index in [4.69, 9.17) is 11.0 Å². The van der Waals surface area contributed by atoms with Crippen molar-refractivity contribution in [2.75, 3.05) is 0 Å². The van der Waals surface area contributed by atoms with E-state index < -0.39 is 0 Å². The van der Waals surface area contributed by atoms with Gasteiger partial charge in [0.1, 0.15) is 0 Å². The molecule has 0 saturated heterocycles. The third-order valence-corrected chi connectivity index (χ3v) is 4.24. The van der Waals surface area contributed by atoms with Crippen molar-refractivity contribution >= 4 is 17.0 Å². The summed E-state index contributed by atoms with van der Waals surface area (Å²) in [5.74, 6) is 0. The molecule has 2 N–H and O–H groups in total. The molecule has 0 saturated carbocycles. The molecule has 0 unspecified atom stereocenters. The Morgan fingerprint density at radius 1 is 1.56 bits per heavy atom. The summed E-state index contributed by atoms with van der Waals surface area (Å²) in [4.78, 5) is 2.56. The summed E-state index contributed by atoms with van der Waals surface area (Å²) in [6.45, 7) is 2.07. The van der Waals surface area contributed by atoms with Crippen molar-refractivity contribution in [1.29, 1.82) is 5.26 Å². The molecule has 0 aliphatic heterocycles. The summed E-state index contributed by atoms with van der Waals surface area (Å²) >= 11 is 1.77. The fourth-order valence-corrected chi connectivity index (χ4v) is 3.35. The number of hydrogen-bond donors (Lipinski definition) is 1. The average molecular weight is 232 g/mol. The number of rotatable bonds is 3. The number of nitrogens with zero attached hydrogens (tertiary/aromatic N) is 1. The molecule has 2 nitrogen and oxygen atoms in total. The highest BCUT2D eigenvalue weighted by atomic mass is 32.1. The lowest BCUT2D eigenvalue weighted by molar-refractivity contribution is 0.914. The molecule has 0 aromatic carbocycles. The van der Waals surface area contributed by atoms with Crippen molar-refractivity contribution in [1.82, 2.24) is 0 Å². The van der Waals surface area contributed by atoms with Gasteiger partial charge in [0, 0.05) is 4.88 Å². The first-order valence-corrected chi connectivity index (χ1v) is 6.58. The number of thiophene rings is 1. The monoisotopic (exact) mass is 232 g/mol. The van der Waals surface area contributed by atoms with E-state index in [1.807, 2.05) is 0 Å². The molecule has 0 radical (unpaired) electrons. The van der Waals surface area contributed by atoms with E-state index >= 15 is 0 Å². The summed E-state index contributed by atoms with van der Waals surface area (Å²) in [6, 6.07) is 4.40. The molecule has 0 fully saturated rings. The molecule has 84 valence electrons. The first-order valence-electron chi connectivity index (χ1n) is 5.77. The Labute approximate surface area is 100 Å². The largest absolute Gasteiger partial charge is 0.397 e. The van der Waals surface area contributed by atoms with E-state index in [0.29, 0.717) is 5.70 Å². The standard InChI is InChI=1S/C13H16N2S/c1-2-4-10(8-14)13(15)12-7-9-5-3-6-11(9)16-12/h7H,2-6,15H2,1H3. The maximum Gasteiger partial charge on any atom is 0.0969 e. The summed E-state index contributed by atoms with van der Waals surface area (Å²) in [5, 5.41) is 9.05. The molecule has 0 spiro atoms. The minimum Gasteiger partial charge on any atom is -0.397 e. The summed E-state index contributed by atoms with van der Waals surface area (Å²) < 4.78 is 0. The second-order valence-corrected chi connectivity index (χ2v) is 5.30. The fraction of sp³-hybridized carbons (Fsp3) is 0.462. The number of aryl methyl sites for hydroxylation is 2. The lowest BCUT2D eigenvalue weighted by Crippen LogP contribution is -1.99. The predicted octanol–water partition coefficient (Wildman–Crippen LogP) is 3.23. The van der Waals surface area contributed by atoms with Crippen LogP contribution in [0.1, 0.15) is 41.5 Å². The van der Waals surface area contributed by atoms with Gasteiger partial charge in [0.2, 0.25) is 0 Å². The number of nitriles is 1. The predicted molar refractivity (Wildman–Crippen MR) is 68.0 cm³/mol. The van der Waals surface area contributed by atoms with Gasteiger partial charge in [-0.2, -0.15) is 5.26 Å². The van der Waals surface area contributed by atoms with Gasteiger partial charge in [-0.25, -0.2) is 0 Å². The van der Waals surface area contributed by atoms with Crippen LogP contribution in [0.3, 0.4) is 0 Å². The highest BCUT2D eigenvalue weighted by Crippen LogP contribution is 2.33. The Morgan fingerprint density at radius 3 is 3.00 bits per heavy atom. The van der Waals surface area contributed by atoms with Gasteiger partial charge in [-0.1, -0.05) is 13.3 Å². The molecule has 0 bridgehead atoms. The second kappa shape index (κ2) is 4.71. The molecule has 2 rings (SSSR count). The summed E-state index contributed by atoms with van der Waals surface area (Å²) in [6.07, 6.45) is 5.38. The van der Waals surface area contributed by atoms with Crippen molar-refractivity contribution in [2.45, 2.75) is 39.0 Å². The zero-order valence-electron chi connectivity index (χ0n) is 9.55. The summed E-state index contributed by atoms with van der Waals surface area (Å²) in [7, 11) is 0. The first-order chi connectivity index (χ1) is 7.76. The van der Waals surface area contributed by atoms with Gasteiger partial charge in [0.05, 0.1) is 22.2 Å². The first kappa shape index (κ1) is 11.2. The van der Waals surface area contributed by atoms with E-state index in [1.165, 1.54) is 29.7 Å². The Bertz CT molecular complexity index is 441. The molecule has 1 heterocycles. The van der Waals surface area contributed by atoms with Gasteiger partial charge in [0.25, 0.3) is 0 Å². The lowest BCUT2D eigenvalue weighted by Gasteiger charge is -2.01. The van der Waals surface area contributed by atoms with Gasteiger partial charge in [-0.3, -0.25) is 0 Å². The normalized spacial score (nSPS) is 15.5. The maximum absolute atomic E-state index is 9.05. The molecule has 0 atom stereocenters. The smallest absolute Gasteiger partial charge is 0.0969 e. The van der Waals surface area contributed by atoms with Gasteiger partial charge < -0.3 is 5.73 Å². The number of allylic oxidation sites excluding steroid dienone is 1. The third-order valence-electron chi connectivity index (χ3n) is 2.97. The van der Waals surface area contributed by atoms with Gasteiger partial charge >= 0.3 is 0 Å². The fourth-order valence-electron chi connectivity index (χ4n) is 2.11. The minimum atomic E-state index is 0.698. The van der Waals surface area contributed by atoms with Crippen LogP contribution < -0.4 is 5.73 Å². The van der Waals surface area contributed by atoms with Crippen LogP contribution in [-0.2, 0) is 12.8 Å². The molecular formula is C13H16N2S. The van der Waals surface area contributed by atoms with Crippen LogP contribution in [0.2, 0.25) is 0 Å². The minimum absolute atomic E-state index is 0.698. The SMILES string of the molecule is CCCC(C#N)=C(N)c1cc2c(s1)CCC2. The van der Waals surface area contributed by atoms with Crippen LogP contribution in [-0.4, -0.2) is 0 Å². The quantitative estimate of drug-likeness (QED) is 0.813. The van der Waals surface area contributed by atoms with Crippen LogP contribution in [0, 0.1) is 11.3 Å². The summed E-state index contributed by atoms with van der Waals surface area (Å²) in [5.41, 5.74) is 8.94. The molecule has 3 heteroatoms. The van der Waals surface area contributed by atoms with E-state index in [1.54, 1.807) is 11.3 Å². The molecular weight excluding hydrogens is 216 g/mol. The number of hydrogen-bond acceptors (Lipinski definition) is 3. The zero-order valence-corrected chi connectivity index (χ0v) is 10.4. The van der Waals surface area contributed by atoms with Gasteiger partial charge in [-0.05, 0) is 37.3 Å². The van der Waals surface area contributed by atoms with Crippen LogP contribution in [0.5, 0.6) is 0 Å². The topological polar surface area (TPSA) is 49.8 Å². The van der Waals surface area contributed by atoms with Crippen molar-refractivity contribution in [3.8, 4) is 6.07 Å². The maximum atomic E-state index is 9.05. The van der Waals surface area contributed by atoms with Gasteiger partial charge in [0.15, 0.2) is 0 Å². The number of fused-ring (bicyclic) bond motifs is 1. The van der Waals surface area contributed by atoms with E-state index in [-0.39, 0.29) is 0 Å². The van der Waals surface area contributed by atoms with Crippen LogP contribution >= 0.6 is 11.3 Å². The Balaban J connectivity index is 2.33.